The molecule has 17 heavy (non-hydrogen) atoms. The third-order valence-corrected chi connectivity index (χ3v) is 0. The molecule has 0 aliphatic heterocycles. The zero-order valence-corrected chi connectivity index (χ0v) is 12.5. The van der Waals surface area contributed by atoms with Gasteiger partial charge in [-0.15, -0.1) is 0 Å². The number of halogens is 4. The molecule has 6 nitrogen and oxygen atoms in total. The first kappa shape index (κ1) is 43.7. The van der Waals surface area contributed by atoms with Gasteiger partial charge in [0.2, 0.25) is 0 Å². The van der Waals surface area contributed by atoms with Crippen molar-refractivity contribution in [2.75, 3.05) is 0 Å². The van der Waals surface area contributed by atoms with Gasteiger partial charge in [0, 0.05) is 0 Å². The van der Waals surface area contributed by atoms with Crippen LogP contribution in [0.5, 0.6) is 0 Å². The van der Waals surface area contributed by atoms with E-state index in [1.54, 1.807) is 0 Å². The minimum atomic E-state index is -2.97. The maximum atomic E-state index is 7.75. The molecule has 0 amide bonds. The third-order valence-electron chi connectivity index (χ3n) is 0. The molecule has 0 spiro atoms. The van der Waals surface area contributed by atoms with Gasteiger partial charge in [-0.3, -0.25) is 40.7 Å². The van der Waals surface area contributed by atoms with Gasteiger partial charge in [0.15, 0.2) is 0 Å². The summed E-state index contributed by atoms with van der Waals surface area (Å²) in [5, 5.41) is 0. The van der Waals surface area contributed by atoms with E-state index in [1.807, 2.05) is 0 Å². The van der Waals surface area contributed by atoms with Crippen molar-refractivity contribution in [3.05, 3.63) is 0 Å². The van der Waals surface area contributed by atoms with Gasteiger partial charge in [-0.25, -0.2) is 0 Å². The summed E-state index contributed by atoms with van der Waals surface area (Å²) >= 11 is 0. The third kappa shape index (κ3) is 77900. The van der Waals surface area contributed by atoms with Crippen molar-refractivity contribution in [3.63, 3.8) is 0 Å². The Kier molecular flexibility index (Phi) is 264. The molecule has 0 N–H and O–H groups in total. The summed E-state index contributed by atoms with van der Waals surface area (Å²) in [5.41, 5.74) is 0. The molecule has 0 bridgehead atoms. The van der Waals surface area contributed by atoms with Crippen molar-refractivity contribution in [2.45, 2.75) is 0 Å². The van der Waals surface area contributed by atoms with E-state index in [0.29, 0.717) is 0 Å². The summed E-state index contributed by atoms with van der Waals surface area (Å²) in [6.07, 6.45) is 0. The zero-order valence-electron chi connectivity index (χ0n) is 7.78. The Morgan fingerprint density at radius 1 is 0.412 bits per heavy atom. The van der Waals surface area contributed by atoms with E-state index >= 15 is 0 Å². The predicted molar refractivity (Wildman–Crippen MR) is 63.9 cm³/mol. The van der Waals surface area contributed by atoms with Gasteiger partial charge < -0.3 is 28.8 Å². The molecule has 0 saturated carbocycles. The zero-order chi connectivity index (χ0) is 16.5. The average molecular weight is 417 g/mol. The Labute approximate surface area is 119 Å². The summed E-state index contributed by atoms with van der Waals surface area (Å²) < 4.78 is 0. The van der Waals surface area contributed by atoms with Crippen LogP contribution in [0.25, 0.3) is 0 Å². The molecule has 0 unspecified atom stereocenters. The first-order chi connectivity index (χ1) is 8.00. The van der Waals surface area contributed by atoms with Crippen LogP contribution in [-0.4, -0.2) is 40.7 Å². The number of hydrogen-bond acceptors (Lipinski definition) is 6. The number of hydrogen-bond donors (Lipinski definition) is 0. The molecule has 0 aromatic carbocycles. The molecule has 0 aliphatic rings. The molecule has 0 atom stereocenters. The van der Waals surface area contributed by atoms with E-state index in [2.05, 4.69) is 40.7 Å². The molecule has 0 saturated heterocycles. The van der Waals surface area contributed by atoms with Gasteiger partial charge in [-0.1, -0.05) is 0 Å². The normalized spacial score (nSPS) is 5.88. The van der Waals surface area contributed by atoms with Gasteiger partial charge >= 0.3 is 49.6 Å². The van der Waals surface area contributed by atoms with Crippen LogP contribution in [0.3, 0.4) is 0 Å². The maximum absolute atomic E-state index is 7.75. The summed E-state index contributed by atoms with van der Waals surface area (Å²) in [7, 11) is 17.0. The fourth-order valence-corrected chi connectivity index (χ4v) is 0. The SMILES string of the molecule is [CH-]=O.[CH-]=O.[CH-]=O.[CH-]=O.[CH-]=O.[CH-]=O.[Cl][Ru]([Cl])([Cl])[Cl]. The summed E-state index contributed by atoms with van der Waals surface area (Å²) in [5.74, 6) is 0. The van der Waals surface area contributed by atoms with E-state index in [1.165, 1.54) is 0 Å². The average Bonchev–Trinajstić information content (AvgIpc) is 2.41. The minimum absolute atomic E-state index is 2.97. The fraction of sp³-hybridized carbons (Fsp3) is 0. The van der Waals surface area contributed by atoms with Crippen LogP contribution in [0.15, 0.2) is 0 Å². The van der Waals surface area contributed by atoms with Crippen molar-refractivity contribution in [1.29, 1.82) is 0 Å². The molecule has 0 fully saturated rings. The van der Waals surface area contributed by atoms with Crippen LogP contribution in [0.1, 0.15) is 0 Å². The van der Waals surface area contributed by atoms with Crippen LogP contribution in [0.2, 0.25) is 0 Å². The Hall–Kier alpha value is -0.197. The molecular formula is C6H6Cl4O6Ru-6. The van der Waals surface area contributed by atoms with E-state index in [9.17, 15) is 0 Å². The van der Waals surface area contributed by atoms with Crippen LogP contribution < -0.4 is 0 Å². The molecule has 108 valence electrons. The van der Waals surface area contributed by atoms with E-state index < -0.39 is 10.8 Å². The Bertz CT molecular complexity index is 85.5. The molecule has 0 aliphatic carbocycles. The molecule has 11 heteroatoms. The predicted octanol–water partition coefficient (Wildman–Crippen LogP) is 1.11. The number of carbonyl (C=O) groups excluding carboxylic acids is 6. The van der Waals surface area contributed by atoms with Crippen LogP contribution in [0, 0.1) is 0 Å². The van der Waals surface area contributed by atoms with Crippen molar-refractivity contribution < 1.29 is 39.6 Å². The van der Waals surface area contributed by atoms with Crippen LogP contribution in [-0.2, 0) is 39.6 Å². The van der Waals surface area contributed by atoms with Gasteiger partial charge in [0.25, 0.3) is 0 Å². The monoisotopic (exact) mass is 416 g/mol. The molecule has 0 heterocycles. The van der Waals surface area contributed by atoms with Gasteiger partial charge in [-0.05, 0) is 0 Å². The summed E-state index contributed by atoms with van der Waals surface area (Å²) in [6.45, 7) is 19.5. The van der Waals surface area contributed by atoms with Crippen molar-refractivity contribution in [2.24, 2.45) is 0 Å². The second-order valence-electron chi connectivity index (χ2n) is 0.303. The quantitative estimate of drug-likeness (QED) is 0.333. The summed E-state index contributed by atoms with van der Waals surface area (Å²) in [4.78, 5) is 46.5. The van der Waals surface area contributed by atoms with E-state index in [-0.39, 0.29) is 0 Å². The molecule has 0 aromatic heterocycles. The van der Waals surface area contributed by atoms with Crippen LogP contribution >= 0.6 is 38.8 Å². The van der Waals surface area contributed by atoms with Gasteiger partial charge in [0.1, 0.15) is 0 Å². The first-order valence-electron chi connectivity index (χ1n) is 1.95. The number of rotatable bonds is 0. The Balaban J connectivity index is -0.0000000147. The van der Waals surface area contributed by atoms with Crippen molar-refractivity contribution >= 4 is 79.5 Å². The second-order valence-corrected chi connectivity index (χ2v) is 16.1. The van der Waals surface area contributed by atoms with E-state index in [4.69, 9.17) is 67.5 Å². The Morgan fingerprint density at radius 3 is 0.412 bits per heavy atom. The molecule has 0 aromatic rings. The van der Waals surface area contributed by atoms with Crippen LogP contribution in [0.4, 0.5) is 0 Å². The van der Waals surface area contributed by atoms with E-state index in [0.717, 1.165) is 0 Å². The van der Waals surface area contributed by atoms with Crippen molar-refractivity contribution in [3.8, 4) is 0 Å². The first-order valence-corrected chi connectivity index (χ1v) is 10.9. The van der Waals surface area contributed by atoms with Gasteiger partial charge in [-0.2, -0.15) is 0 Å². The standard InChI is InChI=1S/6CHO.4ClH.Ru/c6*1-2;;;;;/h6*1H;4*1H;/q6*-1;;;;;+4/p-4. The molecule has 0 radical (unpaired) electrons. The molecular weight excluding hydrogens is 411 g/mol. The Morgan fingerprint density at radius 2 is 0.412 bits per heavy atom. The van der Waals surface area contributed by atoms with Gasteiger partial charge in [0.05, 0.1) is 0 Å². The van der Waals surface area contributed by atoms with Crippen molar-refractivity contribution in [1.82, 2.24) is 0 Å². The topological polar surface area (TPSA) is 102 Å². The fourth-order valence-electron chi connectivity index (χ4n) is 0. The summed E-state index contributed by atoms with van der Waals surface area (Å²) in [6, 6.07) is 0. The second kappa shape index (κ2) is 103. The molecule has 0 rings (SSSR count).